The summed E-state index contributed by atoms with van der Waals surface area (Å²) in [6.07, 6.45) is 1.04. The summed E-state index contributed by atoms with van der Waals surface area (Å²) in [4.78, 5) is 14.6. The third-order valence-corrected chi connectivity index (χ3v) is 4.14. The molecule has 2 aromatic rings. The number of hydrogen-bond donors (Lipinski definition) is 1. The summed E-state index contributed by atoms with van der Waals surface area (Å²) in [5.41, 5.74) is 2.12. The van der Waals surface area contributed by atoms with Gasteiger partial charge < -0.3 is 19.7 Å². The Bertz CT molecular complexity index is 679. The highest BCUT2D eigenvalue weighted by atomic mass is 16.5. The number of nitrogens with one attached hydrogen (secondary N) is 1. The Hall–Kier alpha value is -2.53. The lowest BCUT2D eigenvalue weighted by Gasteiger charge is -2.23. The van der Waals surface area contributed by atoms with Crippen molar-refractivity contribution in [2.24, 2.45) is 0 Å². The molecule has 0 spiro atoms. The van der Waals surface area contributed by atoms with Crippen LogP contribution in [0.4, 0.5) is 0 Å². The number of amides is 1. The molecule has 2 rings (SSSR count). The molecule has 0 aliphatic carbocycles. The fourth-order valence-corrected chi connectivity index (χ4v) is 2.82. The summed E-state index contributed by atoms with van der Waals surface area (Å²) >= 11 is 0. The van der Waals surface area contributed by atoms with Gasteiger partial charge in [0.15, 0.2) is 0 Å². The van der Waals surface area contributed by atoms with E-state index in [9.17, 15) is 4.79 Å². The monoisotopic (exact) mass is 356 g/mol. The van der Waals surface area contributed by atoms with Crippen LogP contribution in [0.5, 0.6) is 11.5 Å². The summed E-state index contributed by atoms with van der Waals surface area (Å²) in [5.74, 6) is 1.49. The van der Waals surface area contributed by atoms with E-state index in [1.807, 2.05) is 62.6 Å². The molecule has 2 aromatic carbocycles. The fourth-order valence-electron chi connectivity index (χ4n) is 2.82. The average Bonchev–Trinajstić information content (AvgIpc) is 2.65. The van der Waals surface area contributed by atoms with E-state index in [1.54, 1.807) is 14.2 Å². The van der Waals surface area contributed by atoms with Crippen molar-refractivity contribution in [3.8, 4) is 11.5 Å². The van der Waals surface area contributed by atoms with Crippen molar-refractivity contribution in [3.63, 3.8) is 0 Å². The summed E-state index contributed by atoms with van der Waals surface area (Å²) < 4.78 is 10.6. The number of carbonyl (C=O) groups excluding carboxylic acids is 1. The second kappa shape index (κ2) is 9.82. The lowest BCUT2D eigenvalue weighted by atomic mass is 10.1. The number of methoxy groups -OCH3 is 2. The van der Waals surface area contributed by atoms with Gasteiger partial charge in [0.1, 0.15) is 11.5 Å². The number of aryl methyl sites for hydroxylation is 1. The molecule has 0 radical (unpaired) electrons. The van der Waals surface area contributed by atoms with Crippen LogP contribution in [-0.2, 0) is 11.2 Å². The Morgan fingerprint density at radius 1 is 1.04 bits per heavy atom. The summed E-state index contributed by atoms with van der Waals surface area (Å²) in [7, 11) is 7.25. The van der Waals surface area contributed by atoms with E-state index in [1.165, 1.54) is 0 Å². The van der Waals surface area contributed by atoms with E-state index >= 15 is 0 Å². The normalized spacial score (nSPS) is 11.9. The minimum Gasteiger partial charge on any atom is -0.497 e. The van der Waals surface area contributed by atoms with Crippen molar-refractivity contribution >= 4 is 5.91 Å². The van der Waals surface area contributed by atoms with E-state index in [2.05, 4.69) is 10.2 Å². The maximum absolute atomic E-state index is 12.5. The van der Waals surface area contributed by atoms with E-state index in [-0.39, 0.29) is 11.9 Å². The Morgan fingerprint density at radius 3 is 2.19 bits per heavy atom. The fraction of sp³-hybridized carbons (Fsp3) is 0.381. The molecule has 0 saturated carbocycles. The van der Waals surface area contributed by atoms with Gasteiger partial charge in [-0.15, -0.1) is 0 Å². The lowest BCUT2D eigenvalue weighted by molar-refractivity contribution is -0.121. The first-order valence-corrected chi connectivity index (χ1v) is 8.72. The number of carbonyl (C=O) groups is 1. The second-order valence-electron chi connectivity index (χ2n) is 6.51. The predicted molar refractivity (Wildman–Crippen MR) is 104 cm³/mol. The van der Waals surface area contributed by atoms with Gasteiger partial charge in [0.25, 0.3) is 0 Å². The minimum atomic E-state index is -0.0291. The van der Waals surface area contributed by atoms with E-state index in [4.69, 9.17) is 9.47 Å². The molecular weight excluding hydrogens is 328 g/mol. The van der Waals surface area contributed by atoms with Gasteiger partial charge >= 0.3 is 0 Å². The van der Waals surface area contributed by atoms with Crippen LogP contribution in [0.3, 0.4) is 0 Å². The largest absolute Gasteiger partial charge is 0.497 e. The van der Waals surface area contributed by atoms with Crippen LogP contribution in [0.25, 0.3) is 0 Å². The molecule has 5 nitrogen and oxygen atoms in total. The first-order chi connectivity index (χ1) is 12.5. The molecule has 1 unspecified atom stereocenters. The number of hydrogen-bond acceptors (Lipinski definition) is 4. The van der Waals surface area contributed by atoms with Gasteiger partial charge in [-0.25, -0.2) is 0 Å². The molecule has 1 amide bonds. The third kappa shape index (κ3) is 6.08. The van der Waals surface area contributed by atoms with Gasteiger partial charge in [-0.3, -0.25) is 4.79 Å². The molecule has 0 aromatic heterocycles. The number of ether oxygens (including phenoxy) is 2. The van der Waals surface area contributed by atoms with Crippen LogP contribution >= 0.6 is 0 Å². The zero-order valence-corrected chi connectivity index (χ0v) is 16.0. The van der Waals surface area contributed by atoms with Gasteiger partial charge in [0.2, 0.25) is 5.91 Å². The SMILES string of the molecule is COc1cc(CCC(=O)NC(CN(C)C)c2ccccc2)cc(OC)c1. The quantitative estimate of drug-likeness (QED) is 0.750. The maximum atomic E-state index is 12.5. The second-order valence-corrected chi connectivity index (χ2v) is 6.51. The van der Waals surface area contributed by atoms with Gasteiger partial charge in [-0.2, -0.15) is 0 Å². The predicted octanol–water partition coefficient (Wildman–Crippen LogP) is 3.06. The molecule has 1 N–H and O–H groups in total. The molecule has 0 heterocycles. The summed E-state index contributed by atoms with van der Waals surface area (Å²) in [6, 6.07) is 15.7. The van der Waals surface area contributed by atoms with E-state index in [0.717, 1.165) is 29.2 Å². The Labute approximate surface area is 155 Å². The van der Waals surface area contributed by atoms with Crippen molar-refractivity contribution in [2.45, 2.75) is 18.9 Å². The van der Waals surface area contributed by atoms with Crippen LogP contribution in [0.1, 0.15) is 23.6 Å². The Balaban J connectivity index is 2.00. The standard InChI is InChI=1S/C21H28N2O3/c1-23(2)15-20(17-8-6-5-7-9-17)22-21(24)11-10-16-12-18(25-3)14-19(13-16)26-4/h5-9,12-14,20H,10-11,15H2,1-4H3,(H,22,24). The molecule has 0 fully saturated rings. The molecule has 1 atom stereocenters. The summed E-state index contributed by atoms with van der Waals surface area (Å²) in [6.45, 7) is 0.753. The highest BCUT2D eigenvalue weighted by molar-refractivity contribution is 5.76. The number of nitrogens with zero attached hydrogens (tertiary/aromatic N) is 1. The van der Waals surface area contributed by atoms with Crippen molar-refractivity contribution < 1.29 is 14.3 Å². The lowest BCUT2D eigenvalue weighted by Crippen LogP contribution is -2.35. The molecular formula is C21H28N2O3. The molecule has 0 aliphatic rings. The van der Waals surface area contributed by atoms with Gasteiger partial charge in [-0.05, 0) is 43.8 Å². The van der Waals surface area contributed by atoms with Crippen molar-refractivity contribution in [2.75, 3.05) is 34.9 Å². The first-order valence-electron chi connectivity index (χ1n) is 8.72. The van der Waals surface area contributed by atoms with Crippen LogP contribution in [0.15, 0.2) is 48.5 Å². The topological polar surface area (TPSA) is 50.8 Å². The van der Waals surface area contributed by atoms with Crippen LogP contribution in [-0.4, -0.2) is 45.7 Å². The molecule has 140 valence electrons. The molecule has 0 aliphatic heterocycles. The maximum Gasteiger partial charge on any atom is 0.220 e. The molecule has 0 bridgehead atoms. The molecule has 5 heteroatoms. The van der Waals surface area contributed by atoms with E-state index in [0.29, 0.717) is 12.8 Å². The third-order valence-electron chi connectivity index (χ3n) is 4.14. The van der Waals surface area contributed by atoms with Crippen LogP contribution in [0, 0.1) is 0 Å². The van der Waals surface area contributed by atoms with Crippen molar-refractivity contribution in [1.82, 2.24) is 10.2 Å². The van der Waals surface area contributed by atoms with Crippen LogP contribution in [0.2, 0.25) is 0 Å². The number of benzene rings is 2. The highest BCUT2D eigenvalue weighted by Crippen LogP contribution is 2.23. The smallest absolute Gasteiger partial charge is 0.220 e. The highest BCUT2D eigenvalue weighted by Gasteiger charge is 2.15. The Morgan fingerprint density at radius 2 is 1.65 bits per heavy atom. The van der Waals surface area contributed by atoms with Gasteiger partial charge in [0.05, 0.1) is 20.3 Å². The zero-order valence-electron chi connectivity index (χ0n) is 16.0. The average molecular weight is 356 g/mol. The minimum absolute atomic E-state index is 0.0291. The van der Waals surface area contributed by atoms with Crippen molar-refractivity contribution in [3.05, 3.63) is 59.7 Å². The first kappa shape index (κ1) is 19.8. The Kier molecular flexibility index (Phi) is 7.48. The summed E-state index contributed by atoms with van der Waals surface area (Å²) in [5, 5.41) is 3.15. The molecule has 0 saturated heterocycles. The zero-order chi connectivity index (χ0) is 18.9. The van der Waals surface area contributed by atoms with E-state index < -0.39 is 0 Å². The molecule has 26 heavy (non-hydrogen) atoms. The van der Waals surface area contributed by atoms with Gasteiger partial charge in [-0.1, -0.05) is 30.3 Å². The number of rotatable bonds is 9. The van der Waals surface area contributed by atoms with Gasteiger partial charge in [0, 0.05) is 19.0 Å². The number of likely N-dealkylation sites (N-methyl/N-ethyl adjacent to an activating group) is 1. The van der Waals surface area contributed by atoms with Crippen LogP contribution < -0.4 is 14.8 Å². The van der Waals surface area contributed by atoms with Crippen molar-refractivity contribution in [1.29, 1.82) is 0 Å².